The van der Waals surface area contributed by atoms with Gasteiger partial charge in [0, 0.05) is 5.57 Å². The highest BCUT2D eigenvalue weighted by atomic mass is 32.2. The van der Waals surface area contributed by atoms with Crippen molar-refractivity contribution in [3.05, 3.63) is 65.2 Å². The summed E-state index contributed by atoms with van der Waals surface area (Å²) >= 11 is 1.20. The fourth-order valence-electron chi connectivity index (χ4n) is 2.27. The molecule has 0 aliphatic carbocycles. The molecule has 24 heavy (non-hydrogen) atoms. The lowest BCUT2D eigenvalue weighted by Gasteiger charge is -2.20. The number of hydrogen-bond donors (Lipinski definition) is 1. The topological polar surface area (TPSA) is 49.7 Å². The molecule has 0 aliphatic heterocycles. The van der Waals surface area contributed by atoms with E-state index >= 15 is 0 Å². The first-order chi connectivity index (χ1) is 11.4. The second-order valence-corrected chi connectivity index (χ2v) is 7.47. The largest absolute Gasteiger partial charge is 0.480 e. The maximum absolute atomic E-state index is 11.4. The van der Waals surface area contributed by atoms with Gasteiger partial charge in [0.15, 0.2) is 0 Å². The van der Waals surface area contributed by atoms with Gasteiger partial charge < -0.3 is 5.11 Å². The second kappa shape index (κ2) is 7.49. The molecule has 0 atom stereocenters. The van der Waals surface area contributed by atoms with Crippen LogP contribution in [0.4, 0.5) is 0 Å². The van der Waals surface area contributed by atoms with Crippen LogP contribution in [-0.4, -0.2) is 22.5 Å². The Labute approximate surface area is 146 Å². The molecule has 0 fully saturated rings. The molecular formula is C20H21NO2S. The van der Waals surface area contributed by atoms with Crippen LogP contribution >= 0.6 is 11.8 Å². The van der Waals surface area contributed by atoms with Crippen LogP contribution in [0.5, 0.6) is 0 Å². The van der Waals surface area contributed by atoms with Crippen molar-refractivity contribution in [3.63, 3.8) is 0 Å². The van der Waals surface area contributed by atoms with Crippen LogP contribution in [-0.2, 0) is 4.79 Å². The molecule has 3 nitrogen and oxygen atoms in total. The molecule has 0 heterocycles. The fraction of sp³-hybridized carbons (Fsp3) is 0.200. The predicted molar refractivity (Wildman–Crippen MR) is 105 cm³/mol. The molecule has 2 rings (SSSR count). The van der Waals surface area contributed by atoms with E-state index in [1.54, 1.807) is 13.8 Å². The summed E-state index contributed by atoms with van der Waals surface area (Å²) in [5.74, 6) is -0.882. The van der Waals surface area contributed by atoms with Crippen molar-refractivity contribution >= 4 is 40.8 Å². The summed E-state index contributed by atoms with van der Waals surface area (Å²) in [5, 5.41) is 12.3. The monoisotopic (exact) mass is 339 g/mol. The minimum atomic E-state index is -0.986. The number of carboxylic acids is 1. The lowest BCUT2D eigenvalue weighted by molar-refractivity contribution is -0.138. The summed E-state index contributed by atoms with van der Waals surface area (Å²) in [7, 11) is 0. The van der Waals surface area contributed by atoms with Gasteiger partial charge in [-0.05, 0) is 49.9 Å². The molecule has 0 bridgehead atoms. The molecule has 0 saturated heterocycles. The van der Waals surface area contributed by atoms with Gasteiger partial charge in [-0.3, -0.25) is 9.79 Å². The number of fused-ring (bicyclic) bond motifs is 1. The Balaban J connectivity index is 2.59. The molecule has 0 unspecified atom stereocenters. The van der Waals surface area contributed by atoms with Gasteiger partial charge in [0.05, 0.1) is 0 Å². The number of thioether (sulfide) groups is 1. The van der Waals surface area contributed by atoms with Crippen LogP contribution in [0.1, 0.15) is 26.3 Å². The molecule has 0 spiro atoms. The first kappa shape index (κ1) is 18.0. The van der Waals surface area contributed by atoms with Crippen molar-refractivity contribution in [2.75, 3.05) is 0 Å². The van der Waals surface area contributed by atoms with Crippen molar-refractivity contribution in [3.8, 4) is 0 Å². The number of aliphatic carboxylic acids is 1. The standard InChI is InChI=1S/C20H21NO2S/c1-5-8-17(18(21-4)24-20(2,3)19(22)23)16-12-11-14-9-6-7-10-15(14)13-16/h5-13H,4H2,1-3H3,(H,22,23)/b8-5-,18-17-. The third kappa shape index (κ3) is 3.95. The third-order valence-electron chi connectivity index (χ3n) is 3.63. The number of aliphatic imine (C=N–C) groups is 1. The number of rotatable bonds is 6. The lowest BCUT2D eigenvalue weighted by atomic mass is 10.0. The first-order valence-corrected chi connectivity index (χ1v) is 8.46. The molecule has 0 saturated carbocycles. The van der Waals surface area contributed by atoms with E-state index in [0.717, 1.165) is 21.9 Å². The molecule has 1 N–H and O–H groups in total. The van der Waals surface area contributed by atoms with Gasteiger partial charge in [-0.2, -0.15) is 0 Å². The predicted octanol–water partition coefficient (Wildman–Crippen LogP) is 5.38. The highest BCUT2D eigenvalue weighted by Crippen LogP contribution is 2.38. The molecule has 0 aromatic heterocycles. The van der Waals surface area contributed by atoms with Crippen LogP contribution in [0.15, 0.2) is 64.6 Å². The summed E-state index contributed by atoms with van der Waals surface area (Å²) in [4.78, 5) is 15.5. The van der Waals surface area contributed by atoms with Crippen molar-refractivity contribution in [1.82, 2.24) is 0 Å². The Bertz CT molecular complexity index is 834. The smallest absolute Gasteiger partial charge is 0.319 e. The van der Waals surface area contributed by atoms with Crippen molar-refractivity contribution in [2.45, 2.75) is 25.5 Å². The molecule has 2 aromatic carbocycles. The zero-order chi connectivity index (χ0) is 17.7. The average molecular weight is 339 g/mol. The summed E-state index contributed by atoms with van der Waals surface area (Å²) in [5.41, 5.74) is 1.86. The summed E-state index contributed by atoms with van der Waals surface area (Å²) in [6.45, 7) is 8.90. The van der Waals surface area contributed by atoms with Crippen LogP contribution in [0.2, 0.25) is 0 Å². The Morgan fingerprint density at radius 2 is 1.88 bits per heavy atom. The van der Waals surface area contributed by atoms with Crippen molar-refractivity contribution < 1.29 is 9.90 Å². The third-order valence-corrected chi connectivity index (χ3v) is 4.86. The molecule has 4 heteroatoms. The van der Waals surface area contributed by atoms with E-state index in [4.69, 9.17) is 0 Å². The van der Waals surface area contributed by atoms with Gasteiger partial charge >= 0.3 is 5.97 Å². The highest BCUT2D eigenvalue weighted by molar-refractivity contribution is 8.05. The van der Waals surface area contributed by atoms with E-state index in [1.165, 1.54) is 11.8 Å². The Morgan fingerprint density at radius 3 is 2.46 bits per heavy atom. The van der Waals surface area contributed by atoms with E-state index in [-0.39, 0.29) is 0 Å². The van der Waals surface area contributed by atoms with E-state index in [2.05, 4.69) is 36.0 Å². The number of nitrogens with zero attached hydrogens (tertiary/aromatic N) is 1. The van der Waals surface area contributed by atoms with E-state index < -0.39 is 10.7 Å². The van der Waals surface area contributed by atoms with Crippen LogP contribution in [0, 0.1) is 0 Å². The number of hydrogen-bond acceptors (Lipinski definition) is 3. The van der Waals surface area contributed by atoms with Gasteiger partial charge in [0.2, 0.25) is 0 Å². The molecule has 124 valence electrons. The van der Waals surface area contributed by atoms with Crippen molar-refractivity contribution in [2.24, 2.45) is 4.99 Å². The van der Waals surface area contributed by atoms with Crippen molar-refractivity contribution in [1.29, 1.82) is 0 Å². The highest BCUT2D eigenvalue weighted by Gasteiger charge is 2.30. The van der Waals surface area contributed by atoms with Gasteiger partial charge in [0.1, 0.15) is 9.78 Å². The Kier molecular flexibility index (Phi) is 5.62. The number of allylic oxidation sites excluding steroid dienone is 3. The minimum Gasteiger partial charge on any atom is -0.480 e. The van der Waals surface area contributed by atoms with E-state index in [0.29, 0.717) is 5.03 Å². The van der Waals surface area contributed by atoms with E-state index in [9.17, 15) is 9.90 Å². The molecular weight excluding hydrogens is 318 g/mol. The minimum absolute atomic E-state index is 0.607. The van der Waals surface area contributed by atoms with E-state index in [1.807, 2.05) is 37.3 Å². The van der Waals surface area contributed by atoms with Gasteiger partial charge in [-0.15, -0.1) is 0 Å². The number of carbonyl (C=O) groups is 1. The maximum Gasteiger partial charge on any atom is 0.319 e. The van der Waals surface area contributed by atoms with Gasteiger partial charge in [-0.25, -0.2) is 0 Å². The summed E-state index contributed by atoms with van der Waals surface area (Å²) < 4.78 is -0.986. The van der Waals surface area contributed by atoms with Gasteiger partial charge in [-0.1, -0.05) is 60.3 Å². The SMILES string of the molecule is C=N/C(SC(C)(C)C(=O)O)=C(\C=C/C)c1ccc2ccccc2c1. The Hall–Kier alpha value is -2.33. The van der Waals surface area contributed by atoms with Crippen LogP contribution in [0.3, 0.4) is 0 Å². The lowest BCUT2D eigenvalue weighted by Crippen LogP contribution is -2.27. The Morgan fingerprint density at radius 1 is 1.21 bits per heavy atom. The second-order valence-electron chi connectivity index (χ2n) is 5.86. The summed E-state index contributed by atoms with van der Waals surface area (Å²) in [6, 6.07) is 14.3. The first-order valence-electron chi connectivity index (χ1n) is 7.64. The van der Waals surface area contributed by atoms with Gasteiger partial charge in [0.25, 0.3) is 0 Å². The number of benzene rings is 2. The molecule has 0 amide bonds. The zero-order valence-electron chi connectivity index (χ0n) is 14.1. The maximum atomic E-state index is 11.4. The van der Waals surface area contributed by atoms with Crippen LogP contribution in [0.25, 0.3) is 16.3 Å². The fourth-order valence-corrected chi connectivity index (χ4v) is 3.20. The summed E-state index contributed by atoms with van der Waals surface area (Å²) in [6.07, 6.45) is 3.86. The normalized spacial score (nSPS) is 13.1. The zero-order valence-corrected chi connectivity index (χ0v) is 14.9. The quantitative estimate of drug-likeness (QED) is 0.567. The number of carboxylic acid groups (broad SMARTS) is 1. The molecule has 0 radical (unpaired) electrons. The molecule has 0 aliphatic rings. The van der Waals surface area contributed by atoms with Crippen LogP contribution < -0.4 is 0 Å². The average Bonchev–Trinajstić information content (AvgIpc) is 2.57. The molecule has 2 aromatic rings.